The van der Waals surface area contributed by atoms with Crippen molar-refractivity contribution in [3.05, 3.63) is 0 Å². The average Bonchev–Trinajstić information content (AvgIpc) is 2.79. The van der Waals surface area contributed by atoms with Crippen molar-refractivity contribution >= 4 is 0 Å². The molecule has 3 heteroatoms. The molecule has 2 aliphatic rings. The fourth-order valence-electron chi connectivity index (χ4n) is 3.65. The summed E-state index contributed by atoms with van der Waals surface area (Å²) in [5.74, 6) is 0.761. The summed E-state index contributed by atoms with van der Waals surface area (Å²) in [6.45, 7) is 6.82. The van der Waals surface area contributed by atoms with Crippen LogP contribution in [0.5, 0.6) is 0 Å². The Morgan fingerprint density at radius 3 is 2.88 bits per heavy atom. The van der Waals surface area contributed by atoms with Gasteiger partial charge in [-0.3, -0.25) is 4.90 Å². The number of nitrogens with one attached hydrogen (secondary N) is 1. The topological polar surface area (TPSA) is 24.5 Å². The highest BCUT2D eigenvalue weighted by molar-refractivity contribution is 4.92. The van der Waals surface area contributed by atoms with Gasteiger partial charge in [-0.1, -0.05) is 13.3 Å². The largest absolute Gasteiger partial charge is 0.384 e. The van der Waals surface area contributed by atoms with Gasteiger partial charge < -0.3 is 10.1 Å². The highest BCUT2D eigenvalue weighted by Gasteiger charge is 2.33. The van der Waals surface area contributed by atoms with Gasteiger partial charge in [-0.15, -0.1) is 0 Å². The van der Waals surface area contributed by atoms with E-state index in [1.54, 1.807) is 0 Å². The molecule has 0 aromatic rings. The number of likely N-dealkylation sites (tertiary alicyclic amines) is 1. The summed E-state index contributed by atoms with van der Waals surface area (Å²) < 4.78 is 5.32. The summed E-state index contributed by atoms with van der Waals surface area (Å²) in [5.41, 5.74) is 0. The highest BCUT2D eigenvalue weighted by atomic mass is 16.5. The first kappa shape index (κ1) is 13.3. The lowest BCUT2D eigenvalue weighted by atomic mass is 9.96. The van der Waals surface area contributed by atoms with E-state index < -0.39 is 0 Å². The zero-order chi connectivity index (χ0) is 12.1. The maximum absolute atomic E-state index is 5.32. The normalized spacial score (nSPS) is 35.3. The first-order valence-corrected chi connectivity index (χ1v) is 7.31. The van der Waals surface area contributed by atoms with E-state index in [-0.39, 0.29) is 0 Å². The number of rotatable bonds is 5. The van der Waals surface area contributed by atoms with Gasteiger partial charge in [-0.25, -0.2) is 0 Å². The number of nitrogens with zero attached hydrogens (tertiary/aromatic N) is 1. The standard InChI is InChI=1S/C14H28N2O/c1-3-15-13-7-4-8-14(13)16-9-5-6-12(10-16)11-17-2/h12-15H,3-11H2,1-2H3. The van der Waals surface area contributed by atoms with Crippen LogP contribution in [0, 0.1) is 5.92 Å². The monoisotopic (exact) mass is 240 g/mol. The van der Waals surface area contributed by atoms with E-state index in [4.69, 9.17) is 4.74 Å². The second kappa shape index (κ2) is 6.72. The molecule has 0 bridgehead atoms. The fourth-order valence-corrected chi connectivity index (χ4v) is 3.65. The molecule has 2 rings (SSSR count). The maximum Gasteiger partial charge on any atom is 0.0502 e. The Balaban J connectivity index is 1.87. The summed E-state index contributed by atoms with van der Waals surface area (Å²) in [5, 5.41) is 3.67. The molecule has 1 N–H and O–H groups in total. The summed E-state index contributed by atoms with van der Waals surface area (Å²) in [7, 11) is 1.83. The predicted molar refractivity (Wildman–Crippen MR) is 71.3 cm³/mol. The molecule has 2 fully saturated rings. The number of methoxy groups -OCH3 is 1. The molecule has 1 saturated heterocycles. The van der Waals surface area contributed by atoms with Crippen LogP contribution in [0.2, 0.25) is 0 Å². The molecule has 1 aliphatic heterocycles. The molecule has 3 atom stereocenters. The Hall–Kier alpha value is -0.120. The average molecular weight is 240 g/mol. The zero-order valence-corrected chi connectivity index (χ0v) is 11.5. The number of hydrogen-bond donors (Lipinski definition) is 1. The van der Waals surface area contributed by atoms with Crippen molar-refractivity contribution in [2.45, 2.75) is 51.1 Å². The van der Waals surface area contributed by atoms with Crippen LogP contribution in [-0.4, -0.2) is 50.3 Å². The second-order valence-corrected chi connectivity index (χ2v) is 5.62. The van der Waals surface area contributed by atoms with Crippen LogP contribution in [0.25, 0.3) is 0 Å². The van der Waals surface area contributed by atoms with Crippen molar-refractivity contribution < 1.29 is 4.74 Å². The Labute approximate surface area is 106 Å². The summed E-state index contributed by atoms with van der Waals surface area (Å²) in [6.07, 6.45) is 6.85. The Bertz CT molecular complexity index is 220. The van der Waals surface area contributed by atoms with Crippen LogP contribution >= 0.6 is 0 Å². The molecule has 0 amide bonds. The van der Waals surface area contributed by atoms with E-state index in [9.17, 15) is 0 Å². The summed E-state index contributed by atoms with van der Waals surface area (Å²) in [4.78, 5) is 2.73. The molecule has 0 radical (unpaired) electrons. The maximum atomic E-state index is 5.32. The lowest BCUT2D eigenvalue weighted by Crippen LogP contribution is -2.50. The van der Waals surface area contributed by atoms with Gasteiger partial charge in [0.05, 0.1) is 6.61 Å². The zero-order valence-electron chi connectivity index (χ0n) is 11.5. The third-order valence-electron chi connectivity index (χ3n) is 4.37. The van der Waals surface area contributed by atoms with Gasteiger partial charge in [0.15, 0.2) is 0 Å². The Morgan fingerprint density at radius 2 is 2.12 bits per heavy atom. The van der Waals surface area contributed by atoms with E-state index in [1.165, 1.54) is 45.2 Å². The summed E-state index contributed by atoms with van der Waals surface area (Å²) in [6, 6.07) is 1.52. The molecule has 0 spiro atoms. The molecule has 1 aliphatic carbocycles. The number of ether oxygens (including phenoxy) is 1. The fraction of sp³-hybridized carbons (Fsp3) is 1.00. The third kappa shape index (κ3) is 3.43. The van der Waals surface area contributed by atoms with Crippen molar-refractivity contribution in [1.82, 2.24) is 10.2 Å². The molecule has 1 heterocycles. The van der Waals surface area contributed by atoms with Crippen LogP contribution in [0.4, 0.5) is 0 Å². The van der Waals surface area contributed by atoms with E-state index >= 15 is 0 Å². The van der Waals surface area contributed by atoms with Crippen molar-refractivity contribution in [2.75, 3.05) is 33.4 Å². The minimum atomic E-state index is 0.737. The SMILES string of the molecule is CCNC1CCCC1N1CCCC(COC)C1. The molecule has 0 aromatic carbocycles. The number of hydrogen-bond acceptors (Lipinski definition) is 3. The van der Waals surface area contributed by atoms with Gasteiger partial charge in [-0.05, 0) is 44.7 Å². The smallest absolute Gasteiger partial charge is 0.0502 e. The van der Waals surface area contributed by atoms with Crippen molar-refractivity contribution in [3.8, 4) is 0 Å². The lowest BCUT2D eigenvalue weighted by molar-refractivity contribution is 0.0624. The molecule has 3 unspecified atom stereocenters. The first-order chi connectivity index (χ1) is 8.35. The quantitative estimate of drug-likeness (QED) is 0.794. The molecule has 17 heavy (non-hydrogen) atoms. The minimum Gasteiger partial charge on any atom is -0.384 e. The lowest BCUT2D eigenvalue weighted by Gasteiger charge is -2.39. The van der Waals surface area contributed by atoms with Crippen LogP contribution in [0.15, 0.2) is 0 Å². The van der Waals surface area contributed by atoms with E-state index in [0.29, 0.717) is 0 Å². The van der Waals surface area contributed by atoms with Crippen molar-refractivity contribution in [2.24, 2.45) is 5.92 Å². The third-order valence-corrected chi connectivity index (χ3v) is 4.37. The van der Waals surface area contributed by atoms with Gasteiger partial charge in [0.1, 0.15) is 0 Å². The van der Waals surface area contributed by atoms with E-state index in [2.05, 4.69) is 17.1 Å². The predicted octanol–water partition coefficient (Wildman–Crippen LogP) is 1.88. The molecule has 0 aromatic heterocycles. The molecular weight excluding hydrogens is 212 g/mol. The number of likely N-dealkylation sites (N-methyl/N-ethyl adjacent to an activating group) is 1. The Morgan fingerprint density at radius 1 is 1.24 bits per heavy atom. The molecule has 1 saturated carbocycles. The van der Waals surface area contributed by atoms with Crippen LogP contribution in [0.1, 0.15) is 39.0 Å². The minimum absolute atomic E-state index is 0.737. The molecule has 100 valence electrons. The van der Waals surface area contributed by atoms with Gasteiger partial charge in [0.25, 0.3) is 0 Å². The second-order valence-electron chi connectivity index (χ2n) is 5.62. The highest BCUT2D eigenvalue weighted by Crippen LogP contribution is 2.28. The van der Waals surface area contributed by atoms with Crippen LogP contribution in [0.3, 0.4) is 0 Å². The first-order valence-electron chi connectivity index (χ1n) is 7.31. The van der Waals surface area contributed by atoms with Gasteiger partial charge in [-0.2, -0.15) is 0 Å². The van der Waals surface area contributed by atoms with E-state index in [1.807, 2.05) is 7.11 Å². The molecular formula is C14H28N2O. The van der Waals surface area contributed by atoms with Crippen molar-refractivity contribution in [1.29, 1.82) is 0 Å². The van der Waals surface area contributed by atoms with Gasteiger partial charge in [0, 0.05) is 25.7 Å². The Kier molecular flexibility index (Phi) is 5.26. The molecule has 3 nitrogen and oxygen atoms in total. The van der Waals surface area contributed by atoms with Crippen molar-refractivity contribution in [3.63, 3.8) is 0 Å². The van der Waals surface area contributed by atoms with E-state index in [0.717, 1.165) is 31.2 Å². The van der Waals surface area contributed by atoms with Gasteiger partial charge >= 0.3 is 0 Å². The van der Waals surface area contributed by atoms with Crippen LogP contribution < -0.4 is 5.32 Å². The number of piperidine rings is 1. The summed E-state index contributed by atoms with van der Waals surface area (Å²) >= 11 is 0. The van der Waals surface area contributed by atoms with Gasteiger partial charge in [0.2, 0.25) is 0 Å². The van der Waals surface area contributed by atoms with Crippen LogP contribution in [-0.2, 0) is 4.74 Å².